The van der Waals surface area contributed by atoms with E-state index >= 15 is 0 Å². The fourth-order valence-electron chi connectivity index (χ4n) is 11.7. The molecule has 4 atom stereocenters. The van der Waals surface area contributed by atoms with Gasteiger partial charge in [0.1, 0.15) is 0 Å². The number of rotatable bonds is 5. The molecule has 308 valence electrons. The van der Waals surface area contributed by atoms with E-state index in [-0.39, 0.29) is 17.4 Å². The van der Waals surface area contributed by atoms with Crippen molar-refractivity contribution in [2.75, 3.05) is 4.90 Å². The molecule has 4 heteroatoms. The molecule has 1 spiro atoms. The van der Waals surface area contributed by atoms with Crippen molar-refractivity contribution in [1.29, 1.82) is 0 Å². The van der Waals surface area contributed by atoms with Gasteiger partial charge >= 0.3 is 0 Å². The smallest absolute Gasteiger partial charge is 0.170 e. The number of nitrogens with zero attached hydrogens (tertiary/aromatic N) is 1. The second kappa shape index (κ2) is 14.2. The van der Waals surface area contributed by atoms with Crippen molar-refractivity contribution in [3.05, 3.63) is 246 Å². The molecular formula is C61H41NO2S. The molecule has 0 N–H and O–H groups in total. The molecular weight excluding hydrogens is 811 g/mol. The van der Waals surface area contributed by atoms with Crippen molar-refractivity contribution < 1.29 is 9.47 Å². The van der Waals surface area contributed by atoms with Gasteiger partial charge in [-0.25, -0.2) is 0 Å². The van der Waals surface area contributed by atoms with Crippen molar-refractivity contribution in [3.63, 3.8) is 0 Å². The Morgan fingerprint density at radius 1 is 0.492 bits per heavy atom. The predicted octanol–water partition coefficient (Wildman–Crippen LogP) is 16.3. The van der Waals surface area contributed by atoms with E-state index in [2.05, 4.69) is 223 Å². The molecule has 5 aliphatic rings. The normalized spacial score (nSPS) is 20.3. The van der Waals surface area contributed by atoms with Crippen LogP contribution in [0.3, 0.4) is 0 Å². The van der Waals surface area contributed by atoms with E-state index in [0.717, 1.165) is 51.9 Å². The van der Waals surface area contributed by atoms with E-state index in [4.69, 9.17) is 9.47 Å². The van der Waals surface area contributed by atoms with Crippen LogP contribution in [-0.2, 0) is 5.41 Å². The van der Waals surface area contributed by atoms with E-state index in [1.165, 1.54) is 64.7 Å². The van der Waals surface area contributed by atoms with Gasteiger partial charge < -0.3 is 14.4 Å². The Morgan fingerprint density at radius 3 is 2.15 bits per heavy atom. The number of para-hydroxylation sites is 1. The topological polar surface area (TPSA) is 21.7 Å². The van der Waals surface area contributed by atoms with E-state index in [1.807, 2.05) is 11.3 Å². The Kier molecular flexibility index (Phi) is 8.02. The summed E-state index contributed by atoms with van der Waals surface area (Å²) in [6, 6.07) is 64.3. The summed E-state index contributed by atoms with van der Waals surface area (Å²) in [5.41, 5.74) is 14.6. The van der Waals surface area contributed by atoms with Crippen LogP contribution in [0.1, 0.15) is 40.2 Å². The van der Waals surface area contributed by atoms with Crippen LogP contribution in [0.5, 0.6) is 23.0 Å². The molecule has 65 heavy (non-hydrogen) atoms. The van der Waals surface area contributed by atoms with Crippen molar-refractivity contribution in [2.45, 2.75) is 23.8 Å². The summed E-state index contributed by atoms with van der Waals surface area (Å²) in [6.07, 6.45) is 17.2. The quantitative estimate of drug-likeness (QED) is 0.172. The van der Waals surface area contributed by atoms with Gasteiger partial charge in [-0.1, -0.05) is 152 Å². The van der Waals surface area contributed by atoms with Gasteiger partial charge in [0, 0.05) is 43.4 Å². The fraction of sp³-hybridized carbons (Fsp3) is 0.0820. The average molecular weight is 852 g/mol. The summed E-state index contributed by atoms with van der Waals surface area (Å²) in [7, 11) is 0. The highest BCUT2D eigenvalue weighted by Crippen LogP contribution is 2.66. The monoisotopic (exact) mass is 851 g/mol. The molecule has 4 unspecified atom stereocenters. The largest absolute Gasteiger partial charge is 0.449 e. The molecule has 9 aromatic rings. The molecule has 3 nitrogen and oxygen atoms in total. The molecule has 0 saturated carbocycles. The van der Waals surface area contributed by atoms with Crippen molar-refractivity contribution in [3.8, 4) is 45.3 Å². The molecule has 2 heterocycles. The summed E-state index contributed by atoms with van der Waals surface area (Å²) in [5.74, 6) is 3.49. The summed E-state index contributed by atoms with van der Waals surface area (Å²) >= 11 is 1.87. The minimum absolute atomic E-state index is 0.136. The van der Waals surface area contributed by atoms with Gasteiger partial charge in [-0.05, 0) is 129 Å². The third-order valence-electron chi connectivity index (χ3n) is 14.5. The number of allylic oxidation sites excluding steroid dienone is 6. The number of benzene rings is 8. The molecule has 0 fully saturated rings. The van der Waals surface area contributed by atoms with E-state index in [0.29, 0.717) is 5.92 Å². The Labute approximate surface area is 382 Å². The maximum atomic E-state index is 6.94. The molecule has 0 amide bonds. The molecule has 8 aromatic carbocycles. The summed E-state index contributed by atoms with van der Waals surface area (Å²) in [4.78, 5) is 2.47. The molecule has 1 aliphatic heterocycles. The summed E-state index contributed by atoms with van der Waals surface area (Å²) in [5, 5.41) is 2.66. The Balaban J connectivity index is 0.796. The highest BCUT2D eigenvalue weighted by molar-refractivity contribution is 7.25. The minimum atomic E-state index is -0.335. The number of hydrogen-bond acceptors (Lipinski definition) is 4. The number of hydrogen-bond donors (Lipinski definition) is 0. The first-order valence-electron chi connectivity index (χ1n) is 22.7. The summed E-state index contributed by atoms with van der Waals surface area (Å²) < 4.78 is 16.3. The lowest BCUT2D eigenvalue weighted by molar-refractivity contribution is 0.358. The fourth-order valence-corrected chi connectivity index (χ4v) is 12.8. The molecule has 14 rings (SSSR count). The number of anilines is 2. The zero-order valence-corrected chi connectivity index (χ0v) is 36.2. The molecule has 0 saturated heterocycles. The first-order chi connectivity index (χ1) is 32.2. The Bertz CT molecular complexity index is 3570. The zero-order valence-electron chi connectivity index (χ0n) is 35.4. The van der Waals surface area contributed by atoms with Crippen LogP contribution in [-0.4, -0.2) is 6.04 Å². The molecule has 0 radical (unpaired) electrons. The Morgan fingerprint density at radius 2 is 1.23 bits per heavy atom. The number of ether oxygens (including phenoxy) is 2. The second-order valence-corrected chi connectivity index (χ2v) is 18.9. The van der Waals surface area contributed by atoms with Crippen molar-refractivity contribution in [1.82, 2.24) is 0 Å². The van der Waals surface area contributed by atoms with Crippen LogP contribution in [0.2, 0.25) is 0 Å². The van der Waals surface area contributed by atoms with Crippen LogP contribution >= 0.6 is 11.3 Å². The lowest BCUT2D eigenvalue weighted by atomic mass is 9.65. The highest BCUT2D eigenvalue weighted by atomic mass is 32.1. The van der Waals surface area contributed by atoms with Crippen LogP contribution in [0.25, 0.3) is 48.0 Å². The molecule has 4 aliphatic carbocycles. The summed E-state index contributed by atoms with van der Waals surface area (Å²) in [6.45, 7) is 0. The van der Waals surface area contributed by atoms with Gasteiger partial charge in [-0.15, -0.1) is 11.3 Å². The van der Waals surface area contributed by atoms with Crippen molar-refractivity contribution >= 4 is 48.5 Å². The van der Waals surface area contributed by atoms with Gasteiger partial charge in [-0.2, -0.15) is 0 Å². The van der Waals surface area contributed by atoms with Crippen LogP contribution < -0.4 is 14.4 Å². The maximum absolute atomic E-state index is 6.94. The van der Waals surface area contributed by atoms with Crippen molar-refractivity contribution in [2.24, 2.45) is 5.92 Å². The van der Waals surface area contributed by atoms with E-state index in [9.17, 15) is 0 Å². The number of thiophene rings is 1. The number of fused-ring (bicyclic) bond motifs is 15. The second-order valence-electron chi connectivity index (χ2n) is 17.9. The van der Waals surface area contributed by atoms with Crippen LogP contribution in [0.4, 0.5) is 11.4 Å². The maximum Gasteiger partial charge on any atom is 0.170 e. The SMILES string of the molecule is C1=CC2c3ccccc3C3(c4ccccc4-c4cc5c(cc43)Oc3cc(-c4cccc(N(c6ccccc6)C6C=CC(c7ccc8sc9ccccc9c8c7)=CC6)c4)ccc3O5)C2C=C1. The third kappa shape index (κ3) is 5.47. The third-order valence-corrected chi connectivity index (χ3v) is 15.7. The van der Waals surface area contributed by atoms with Gasteiger partial charge in [-0.3, -0.25) is 0 Å². The first kappa shape index (κ1) is 36.8. The lowest BCUT2D eigenvalue weighted by Gasteiger charge is -2.36. The highest BCUT2D eigenvalue weighted by Gasteiger charge is 2.57. The average Bonchev–Trinajstić information content (AvgIpc) is 3.99. The van der Waals surface area contributed by atoms with Gasteiger partial charge in [0.05, 0.1) is 11.5 Å². The molecule has 0 bridgehead atoms. The van der Waals surface area contributed by atoms with Gasteiger partial charge in [0.2, 0.25) is 0 Å². The minimum Gasteiger partial charge on any atom is -0.449 e. The van der Waals surface area contributed by atoms with Gasteiger partial charge in [0.25, 0.3) is 0 Å². The molecule has 1 aromatic heterocycles. The van der Waals surface area contributed by atoms with E-state index < -0.39 is 0 Å². The Hall–Kier alpha value is -7.66. The van der Waals surface area contributed by atoms with Crippen LogP contribution in [0.15, 0.2) is 218 Å². The zero-order chi connectivity index (χ0) is 42.6. The standard InChI is InChI=1S/C61H41NO2S/c1-2-14-42(15-3-1)62(43-29-25-38(26-30-43)40-28-32-60-50(34-40)48-20-7-11-24-59(48)65-60)44-16-12-13-39(33-44)41-27-31-55-56(35-41)64-58-37-54-49(36-57(58)63-55)47-19-6-10-23-53(47)61(54)51-21-8-4-17-45(51)46-18-5-9-22-52(46)61/h1-29,31-37,43,45,51H,30H2. The first-order valence-corrected chi connectivity index (χ1v) is 23.5. The van der Waals surface area contributed by atoms with Crippen LogP contribution in [0, 0.1) is 5.92 Å². The lowest BCUT2D eigenvalue weighted by Crippen LogP contribution is -2.33. The predicted molar refractivity (Wildman–Crippen MR) is 268 cm³/mol. The van der Waals surface area contributed by atoms with Gasteiger partial charge in [0.15, 0.2) is 23.0 Å². The van der Waals surface area contributed by atoms with E-state index in [1.54, 1.807) is 0 Å².